The lowest BCUT2D eigenvalue weighted by Crippen LogP contribution is -2.44. The molecular formula is C14H18FNO3. The van der Waals surface area contributed by atoms with Gasteiger partial charge in [0.05, 0.1) is 11.8 Å². The first-order chi connectivity index (χ1) is 8.73. The maximum Gasteiger partial charge on any atom is 0.305 e. The number of amides is 1. The SMILES string of the molecule is C[C@H](CC(=O)O)NC(=O)C(C)(C)c1cccc(F)c1. The van der Waals surface area contributed by atoms with E-state index in [4.69, 9.17) is 5.11 Å². The number of aliphatic carboxylic acids is 1. The van der Waals surface area contributed by atoms with Crippen LogP contribution in [0.25, 0.3) is 0 Å². The average molecular weight is 267 g/mol. The number of carboxylic acid groups (broad SMARTS) is 1. The Labute approximate surface area is 111 Å². The van der Waals surface area contributed by atoms with Crippen molar-refractivity contribution in [2.45, 2.75) is 38.6 Å². The molecule has 0 unspecified atom stereocenters. The van der Waals surface area contributed by atoms with Gasteiger partial charge in [-0.2, -0.15) is 0 Å². The first kappa shape index (κ1) is 15.1. The zero-order chi connectivity index (χ0) is 14.6. The molecule has 0 radical (unpaired) electrons. The summed E-state index contributed by atoms with van der Waals surface area (Å²) in [6.07, 6.45) is -0.148. The molecule has 1 aromatic carbocycles. The third kappa shape index (κ3) is 4.05. The molecule has 0 fully saturated rings. The van der Waals surface area contributed by atoms with Crippen LogP contribution < -0.4 is 5.32 Å². The maximum absolute atomic E-state index is 13.2. The Morgan fingerprint density at radius 3 is 2.58 bits per heavy atom. The molecule has 1 rings (SSSR count). The topological polar surface area (TPSA) is 66.4 Å². The summed E-state index contributed by atoms with van der Waals surface area (Å²) in [7, 11) is 0. The number of carbonyl (C=O) groups is 2. The van der Waals surface area contributed by atoms with E-state index in [1.807, 2.05) is 0 Å². The van der Waals surface area contributed by atoms with Crippen LogP contribution in [-0.2, 0) is 15.0 Å². The predicted octanol–water partition coefficient (Wildman–Crippen LogP) is 2.08. The van der Waals surface area contributed by atoms with Crippen molar-refractivity contribution in [3.8, 4) is 0 Å². The summed E-state index contributed by atoms with van der Waals surface area (Å²) >= 11 is 0. The Hall–Kier alpha value is -1.91. The van der Waals surface area contributed by atoms with Crippen LogP contribution in [0, 0.1) is 5.82 Å². The van der Waals surface area contributed by atoms with Crippen molar-refractivity contribution < 1.29 is 19.1 Å². The number of hydrogen-bond acceptors (Lipinski definition) is 2. The smallest absolute Gasteiger partial charge is 0.305 e. The molecule has 1 amide bonds. The molecule has 0 saturated carbocycles. The van der Waals surface area contributed by atoms with E-state index >= 15 is 0 Å². The van der Waals surface area contributed by atoms with Gasteiger partial charge >= 0.3 is 5.97 Å². The van der Waals surface area contributed by atoms with Gasteiger partial charge in [0, 0.05) is 6.04 Å². The van der Waals surface area contributed by atoms with Crippen LogP contribution in [0.15, 0.2) is 24.3 Å². The Morgan fingerprint density at radius 2 is 2.05 bits per heavy atom. The Balaban J connectivity index is 2.82. The van der Waals surface area contributed by atoms with Crippen molar-refractivity contribution in [2.75, 3.05) is 0 Å². The summed E-state index contributed by atoms with van der Waals surface area (Å²) < 4.78 is 13.2. The van der Waals surface area contributed by atoms with Crippen LogP contribution in [-0.4, -0.2) is 23.0 Å². The van der Waals surface area contributed by atoms with E-state index in [-0.39, 0.29) is 12.3 Å². The molecule has 0 aliphatic rings. The first-order valence-corrected chi connectivity index (χ1v) is 6.02. The number of hydrogen-bond donors (Lipinski definition) is 2. The number of carbonyl (C=O) groups excluding carboxylic acids is 1. The fraction of sp³-hybridized carbons (Fsp3) is 0.429. The van der Waals surface area contributed by atoms with Crippen molar-refractivity contribution in [3.05, 3.63) is 35.6 Å². The van der Waals surface area contributed by atoms with Crippen LogP contribution in [0.3, 0.4) is 0 Å². The van der Waals surface area contributed by atoms with Gasteiger partial charge in [-0.1, -0.05) is 12.1 Å². The number of benzene rings is 1. The number of halogens is 1. The molecule has 0 aromatic heterocycles. The van der Waals surface area contributed by atoms with Crippen molar-refractivity contribution in [1.82, 2.24) is 5.32 Å². The van der Waals surface area contributed by atoms with Gasteiger partial charge < -0.3 is 10.4 Å². The van der Waals surface area contributed by atoms with Crippen molar-refractivity contribution in [3.63, 3.8) is 0 Å². The molecule has 1 atom stereocenters. The van der Waals surface area contributed by atoms with Gasteiger partial charge in [-0.15, -0.1) is 0 Å². The van der Waals surface area contributed by atoms with E-state index in [0.717, 1.165) is 0 Å². The molecule has 0 saturated heterocycles. The Bertz CT molecular complexity index is 485. The number of nitrogens with one attached hydrogen (secondary N) is 1. The van der Waals surface area contributed by atoms with Crippen LogP contribution in [0.1, 0.15) is 32.8 Å². The lowest BCUT2D eigenvalue weighted by Gasteiger charge is -2.26. The highest BCUT2D eigenvalue weighted by Gasteiger charge is 2.31. The summed E-state index contributed by atoms with van der Waals surface area (Å²) in [5.41, 5.74) is -0.373. The summed E-state index contributed by atoms with van der Waals surface area (Å²) in [5.74, 6) is -1.71. The molecule has 4 nitrogen and oxygen atoms in total. The molecule has 0 bridgehead atoms. The fourth-order valence-electron chi connectivity index (χ4n) is 1.73. The third-order valence-electron chi connectivity index (χ3n) is 2.97. The zero-order valence-corrected chi connectivity index (χ0v) is 11.2. The average Bonchev–Trinajstić information content (AvgIpc) is 2.27. The van der Waals surface area contributed by atoms with Gasteiger partial charge in [0.25, 0.3) is 0 Å². The van der Waals surface area contributed by atoms with Gasteiger partial charge in [-0.25, -0.2) is 4.39 Å². The summed E-state index contributed by atoms with van der Waals surface area (Å²) in [4.78, 5) is 22.7. The molecule has 0 heterocycles. The van der Waals surface area contributed by atoms with Gasteiger partial charge in [-0.05, 0) is 38.5 Å². The minimum absolute atomic E-state index is 0.148. The molecule has 104 valence electrons. The second-order valence-corrected chi connectivity index (χ2v) is 5.11. The molecule has 0 spiro atoms. The van der Waals surface area contributed by atoms with Crippen LogP contribution >= 0.6 is 0 Å². The predicted molar refractivity (Wildman–Crippen MR) is 69.3 cm³/mol. The minimum Gasteiger partial charge on any atom is -0.481 e. The second-order valence-electron chi connectivity index (χ2n) is 5.11. The van der Waals surface area contributed by atoms with Crippen molar-refractivity contribution >= 4 is 11.9 Å². The lowest BCUT2D eigenvalue weighted by atomic mass is 9.83. The normalized spacial score (nSPS) is 12.8. The van der Waals surface area contributed by atoms with E-state index in [1.165, 1.54) is 12.1 Å². The van der Waals surface area contributed by atoms with E-state index in [2.05, 4.69) is 5.32 Å². The quantitative estimate of drug-likeness (QED) is 0.858. The number of rotatable bonds is 5. The standard InChI is InChI=1S/C14H18FNO3/c1-9(7-12(17)18)16-13(19)14(2,3)10-5-4-6-11(15)8-10/h4-6,8-9H,7H2,1-3H3,(H,16,19)(H,17,18)/t9-/m1/s1. The lowest BCUT2D eigenvalue weighted by molar-refractivity contribution is -0.137. The molecular weight excluding hydrogens is 249 g/mol. The fourth-order valence-corrected chi connectivity index (χ4v) is 1.73. The monoisotopic (exact) mass is 267 g/mol. The van der Waals surface area contributed by atoms with E-state index in [0.29, 0.717) is 5.56 Å². The highest BCUT2D eigenvalue weighted by molar-refractivity contribution is 5.87. The van der Waals surface area contributed by atoms with E-state index in [1.54, 1.807) is 32.9 Å². The highest BCUT2D eigenvalue weighted by atomic mass is 19.1. The van der Waals surface area contributed by atoms with Crippen molar-refractivity contribution in [2.24, 2.45) is 0 Å². The van der Waals surface area contributed by atoms with Crippen LogP contribution in [0.5, 0.6) is 0 Å². The van der Waals surface area contributed by atoms with E-state index < -0.39 is 23.2 Å². The Morgan fingerprint density at radius 1 is 1.42 bits per heavy atom. The Kier molecular flexibility index (Phi) is 4.64. The van der Waals surface area contributed by atoms with Crippen LogP contribution in [0.4, 0.5) is 4.39 Å². The minimum atomic E-state index is -0.976. The van der Waals surface area contributed by atoms with Crippen LogP contribution in [0.2, 0.25) is 0 Å². The largest absolute Gasteiger partial charge is 0.481 e. The summed E-state index contributed by atoms with van der Waals surface area (Å²) in [6, 6.07) is 5.36. The van der Waals surface area contributed by atoms with Gasteiger partial charge in [0.2, 0.25) is 5.91 Å². The summed E-state index contributed by atoms with van der Waals surface area (Å²) in [6.45, 7) is 4.96. The molecule has 5 heteroatoms. The summed E-state index contributed by atoms with van der Waals surface area (Å²) in [5, 5.41) is 11.3. The molecule has 0 aliphatic carbocycles. The molecule has 19 heavy (non-hydrogen) atoms. The van der Waals surface area contributed by atoms with Crippen molar-refractivity contribution in [1.29, 1.82) is 0 Å². The van der Waals surface area contributed by atoms with Gasteiger partial charge in [0.1, 0.15) is 5.82 Å². The third-order valence-corrected chi connectivity index (χ3v) is 2.97. The van der Waals surface area contributed by atoms with Gasteiger partial charge in [0.15, 0.2) is 0 Å². The zero-order valence-electron chi connectivity index (χ0n) is 11.2. The van der Waals surface area contributed by atoms with Gasteiger partial charge in [-0.3, -0.25) is 9.59 Å². The first-order valence-electron chi connectivity index (χ1n) is 6.02. The molecule has 2 N–H and O–H groups in total. The van der Waals surface area contributed by atoms with E-state index in [9.17, 15) is 14.0 Å². The number of carboxylic acids is 1. The highest BCUT2D eigenvalue weighted by Crippen LogP contribution is 2.24. The molecule has 1 aromatic rings. The maximum atomic E-state index is 13.2. The molecule has 0 aliphatic heterocycles. The second kappa shape index (κ2) is 5.82.